The summed E-state index contributed by atoms with van der Waals surface area (Å²) in [4.78, 5) is 49.5. The predicted molar refractivity (Wildman–Crippen MR) is 224 cm³/mol. The molecule has 59 heavy (non-hydrogen) atoms. The summed E-state index contributed by atoms with van der Waals surface area (Å²) in [5, 5.41) is 6.37. The molecule has 2 saturated heterocycles. The minimum Gasteiger partial charge on any atom is -0.340 e. The second-order valence-electron chi connectivity index (χ2n) is 14.8. The van der Waals surface area contributed by atoms with Gasteiger partial charge in [-0.3, -0.25) is 34.8 Å². The van der Waals surface area contributed by atoms with Gasteiger partial charge in [-0.2, -0.15) is 4.31 Å². The first kappa shape index (κ1) is 44.5. The average molecular weight is 835 g/mol. The number of nitrogens with zero attached hydrogens (tertiary/aromatic N) is 7. The molecule has 0 unspecified atom stereocenters. The van der Waals surface area contributed by atoms with Gasteiger partial charge in [-0.1, -0.05) is 24.3 Å². The van der Waals surface area contributed by atoms with Crippen molar-refractivity contribution in [2.45, 2.75) is 59.8 Å². The molecule has 2 aromatic carbocycles. The number of nitrogens with one attached hydrogen (secondary N) is 3. The monoisotopic (exact) mass is 834 g/mol. The van der Waals surface area contributed by atoms with Gasteiger partial charge in [0, 0.05) is 93.9 Å². The molecule has 15 nitrogen and oxygen atoms in total. The van der Waals surface area contributed by atoms with E-state index in [4.69, 9.17) is 0 Å². The number of piperazine rings is 2. The number of pyridine rings is 2. The van der Waals surface area contributed by atoms with E-state index in [1.807, 2.05) is 32.6 Å². The number of aromatic nitrogens is 2. The number of amides is 4. The molecule has 2 aromatic heterocycles. The molecule has 2 aliphatic heterocycles. The lowest BCUT2D eigenvalue weighted by atomic mass is 10.1. The van der Waals surface area contributed by atoms with E-state index in [9.17, 15) is 27.2 Å². The minimum absolute atomic E-state index is 0.0467. The number of urea groups is 1. The molecular weight excluding hydrogens is 783 g/mol. The third-order valence-electron chi connectivity index (χ3n) is 10.2. The Morgan fingerprint density at radius 2 is 1.37 bits per heavy atom. The second-order valence-corrected chi connectivity index (χ2v) is 16.8. The normalized spacial score (nSPS) is 17.7. The molecule has 4 aromatic rings. The maximum atomic E-state index is 15.1. The highest BCUT2D eigenvalue weighted by Gasteiger charge is 2.30. The summed E-state index contributed by atoms with van der Waals surface area (Å²) >= 11 is 0. The molecule has 2 fully saturated rings. The quantitative estimate of drug-likeness (QED) is 0.135. The predicted octanol–water partition coefficient (Wildman–Crippen LogP) is 5.21. The third-order valence-corrected chi connectivity index (χ3v) is 11.5. The van der Waals surface area contributed by atoms with Gasteiger partial charge in [-0.15, -0.1) is 0 Å². The molecule has 4 heterocycles. The summed E-state index contributed by atoms with van der Waals surface area (Å²) in [5.74, 6) is -0.850. The van der Waals surface area contributed by atoms with Crippen LogP contribution in [0.15, 0.2) is 73.1 Å². The van der Waals surface area contributed by atoms with Gasteiger partial charge in [0.15, 0.2) is 11.6 Å². The Kier molecular flexibility index (Phi) is 15.0. The van der Waals surface area contributed by atoms with Crippen molar-refractivity contribution >= 4 is 51.1 Å². The van der Waals surface area contributed by atoms with Crippen LogP contribution in [0.3, 0.4) is 0 Å². The van der Waals surface area contributed by atoms with E-state index in [0.29, 0.717) is 81.3 Å². The van der Waals surface area contributed by atoms with Crippen LogP contribution in [0.5, 0.6) is 0 Å². The lowest BCUT2D eigenvalue weighted by molar-refractivity contribution is -0.131. The van der Waals surface area contributed by atoms with Gasteiger partial charge in [-0.25, -0.2) is 27.0 Å². The molecule has 2 atom stereocenters. The Labute approximate surface area is 344 Å². The zero-order valence-corrected chi connectivity index (χ0v) is 35.0. The minimum atomic E-state index is -3.24. The number of benzene rings is 2. The Bertz CT molecular complexity index is 2200. The number of carbonyl (C=O) groups excluding carboxylic acids is 3. The van der Waals surface area contributed by atoms with Gasteiger partial charge < -0.3 is 15.5 Å². The van der Waals surface area contributed by atoms with Crippen LogP contribution in [-0.2, 0) is 32.7 Å². The Morgan fingerprint density at radius 1 is 0.797 bits per heavy atom. The largest absolute Gasteiger partial charge is 0.340 e. The van der Waals surface area contributed by atoms with Crippen LogP contribution < -0.4 is 21.1 Å². The molecule has 0 radical (unpaired) electrons. The molecule has 18 heteroatoms. The van der Waals surface area contributed by atoms with Crippen molar-refractivity contribution in [2.75, 3.05) is 66.6 Å². The number of carbonyl (C=O) groups is 3. The highest BCUT2D eigenvalue weighted by molar-refractivity contribution is 7.88. The second kappa shape index (κ2) is 19.9. The van der Waals surface area contributed by atoms with Crippen LogP contribution in [0, 0.1) is 25.5 Å². The number of sulfonamides is 1. The summed E-state index contributed by atoms with van der Waals surface area (Å²) in [5.41, 5.74) is 6.72. The van der Waals surface area contributed by atoms with E-state index in [2.05, 4.69) is 30.9 Å². The molecule has 4 amide bonds. The first-order valence-corrected chi connectivity index (χ1v) is 21.0. The number of rotatable bonds is 11. The molecular formula is C41H52F2N10O5S. The number of halogens is 2. The maximum Gasteiger partial charge on any atom is 0.323 e. The summed E-state index contributed by atoms with van der Waals surface area (Å²) in [7, 11) is -3.24. The van der Waals surface area contributed by atoms with E-state index in [-0.39, 0.29) is 29.4 Å². The van der Waals surface area contributed by atoms with Crippen LogP contribution >= 0.6 is 0 Å². The SMILES string of the molecule is CC(=O)N1CCN(Cc2cccc(NC(=O)Nc3ccc(C)nc3)c2F)[C@@H](C)C1.Cc1ccc(N(C=O)Nc2cccc(CN3CCN(S(C)(=O)=O)C[C@@H]3C)c2F)cn1. The molecule has 0 bridgehead atoms. The molecule has 6 rings (SSSR count). The third kappa shape index (κ3) is 12.2. The van der Waals surface area contributed by atoms with Crippen molar-refractivity contribution in [1.29, 1.82) is 0 Å². The van der Waals surface area contributed by atoms with E-state index >= 15 is 4.39 Å². The number of hydrogen-bond donors (Lipinski definition) is 3. The van der Waals surface area contributed by atoms with Crippen LogP contribution in [0.4, 0.5) is 36.3 Å². The summed E-state index contributed by atoms with van der Waals surface area (Å²) in [6, 6.07) is 16.5. The molecule has 0 saturated carbocycles. The fourth-order valence-electron chi connectivity index (χ4n) is 6.75. The Morgan fingerprint density at radius 3 is 1.90 bits per heavy atom. The lowest BCUT2D eigenvalue weighted by Crippen LogP contribution is -2.52. The van der Waals surface area contributed by atoms with Crippen LogP contribution in [0.2, 0.25) is 0 Å². The van der Waals surface area contributed by atoms with Gasteiger partial charge in [0.05, 0.1) is 41.4 Å². The number of hydrazine groups is 1. The van der Waals surface area contributed by atoms with Crippen molar-refractivity contribution in [3.05, 3.63) is 107 Å². The van der Waals surface area contributed by atoms with Crippen molar-refractivity contribution in [3.8, 4) is 0 Å². The number of anilines is 4. The number of hydrogen-bond acceptors (Lipinski definition) is 10. The molecule has 0 spiro atoms. The summed E-state index contributed by atoms with van der Waals surface area (Å²) in [6.45, 7) is 13.2. The Hall–Kier alpha value is -5.56. The van der Waals surface area contributed by atoms with Crippen molar-refractivity contribution in [2.24, 2.45) is 0 Å². The number of aryl methyl sites for hydroxylation is 2. The van der Waals surface area contributed by atoms with Gasteiger partial charge >= 0.3 is 6.03 Å². The topological polar surface area (TPSA) is 163 Å². The van der Waals surface area contributed by atoms with Crippen LogP contribution in [0.1, 0.15) is 43.3 Å². The van der Waals surface area contributed by atoms with Gasteiger partial charge in [0.25, 0.3) is 0 Å². The molecule has 3 N–H and O–H groups in total. The average Bonchev–Trinajstić information content (AvgIpc) is 3.19. The van der Waals surface area contributed by atoms with E-state index in [1.54, 1.807) is 72.6 Å². The van der Waals surface area contributed by atoms with E-state index in [1.165, 1.54) is 27.8 Å². The molecule has 0 aliphatic carbocycles. The van der Waals surface area contributed by atoms with Crippen molar-refractivity contribution in [3.63, 3.8) is 0 Å². The van der Waals surface area contributed by atoms with Crippen LogP contribution in [0.25, 0.3) is 0 Å². The van der Waals surface area contributed by atoms with E-state index in [0.717, 1.165) is 11.4 Å². The summed E-state index contributed by atoms with van der Waals surface area (Å²) < 4.78 is 55.1. The Balaban J connectivity index is 0.000000224. The first-order chi connectivity index (χ1) is 28.0. The zero-order valence-electron chi connectivity index (χ0n) is 34.2. The van der Waals surface area contributed by atoms with Gasteiger partial charge in [0.2, 0.25) is 22.3 Å². The lowest BCUT2D eigenvalue weighted by Gasteiger charge is -2.39. The van der Waals surface area contributed by atoms with Crippen LogP contribution in [-0.4, -0.2) is 113 Å². The van der Waals surface area contributed by atoms with Gasteiger partial charge in [0.1, 0.15) is 0 Å². The first-order valence-electron chi connectivity index (χ1n) is 19.2. The highest BCUT2D eigenvalue weighted by atomic mass is 32.2. The molecule has 316 valence electrons. The van der Waals surface area contributed by atoms with E-state index < -0.39 is 27.7 Å². The molecule has 2 aliphatic rings. The van der Waals surface area contributed by atoms with Crippen molar-refractivity contribution in [1.82, 2.24) is 29.0 Å². The standard InChI is InChI=1S/C21H26FN5O2.C20H26FN5O3S/c1-14-7-8-18(11-23-14)24-21(29)25-19-6-4-5-17(20(19)22)13-26-9-10-27(16(3)28)12-15(26)2;1-15-7-8-18(11-22-15)26(14-27)23-19-6-4-5-17(20(19)21)13-24-9-10-25(12-16(24)2)30(3,28)29/h4-8,11,15H,9-10,12-13H2,1-3H3,(H2,24,25,29);4-8,11,14,16,23H,9-10,12-13H2,1-3H3/t15-;16-/m00/s1. The fraction of sp³-hybridized carbons (Fsp3) is 0.390. The zero-order chi connectivity index (χ0) is 42.9. The maximum absolute atomic E-state index is 15.1. The smallest absolute Gasteiger partial charge is 0.323 e. The summed E-state index contributed by atoms with van der Waals surface area (Å²) in [6.07, 6.45) is 4.84. The fourth-order valence-corrected chi connectivity index (χ4v) is 7.65. The highest BCUT2D eigenvalue weighted by Crippen LogP contribution is 2.25. The van der Waals surface area contributed by atoms with Gasteiger partial charge in [-0.05, 0) is 64.1 Å². The van der Waals surface area contributed by atoms with Crippen molar-refractivity contribution < 1.29 is 31.6 Å².